The van der Waals surface area contributed by atoms with E-state index in [9.17, 15) is 5.21 Å². The fourth-order valence-corrected chi connectivity index (χ4v) is 3.93. The van der Waals surface area contributed by atoms with Crippen LogP contribution in [0.15, 0.2) is 76.4 Å². The molecule has 0 unspecified atom stereocenters. The van der Waals surface area contributed by atoms with Gasteiger partial charge in [0, 0.05) is 42.5 Å². The first-order valence-corrected chi connectivity index (χ1v) is 10.7. The molecule has 0 saturated carbocycles. The van der Waals surface area contributed by atoms with Gasteiger partial charge >= 0.3 is 0 Å². The molecule has 1 N–H and O–H groups in total. The van der Waals surface area contributed by atoms with Gasteiger partial charge in [0.1, 0.15) is 6.61 Å². The van der Waals surface area contributed by atoms with Crippen LogP contribution in [-0.4, -0.2) is 33.2 Å². The molecule has 7 heteroatoms. The van der Waals surface area contributed by atoms with Crippen LogP contribution in [0.2, 0.25) is 0 Å². The van der Waals surface area contributed by atoms with Gasteiger partial charge in [0.25, 0.3) is 0 Å². The van der Waals surface area contributed by atoms with Gasteiger partial charge in [0.05, 0.1) is 5.71 Å². The van der Waals surface area contributed by atoms with E-state index in [0.717, 1.165) is 22.4 Å². The van der Waals surface area contributed by atoms with Crippen LogP contribution in [-0.2, 0) is 11.3 Å². The fraction of sp³-hybridized carbons (Fsp3) is 0.231. The summed E-state index contributed by atoms with van der Waals surface area (Å²) in [6.45, 7) is 4.29. The SMILES string of the molecule is COCc1nnc(-c2ccc([C@@H](C/C(=N\O)c3ccnc(C)c3)c3ccccc3C)cc2)o1. The van der Waals surface area contributed by atoms with E-state index in [1.807, 2.05) is 43.3 Å². The molecule has 0 aliphatic rings. The van der Waals surface area contributed by atoms with Crippen LogP contribution in [0, 0.1) is 13.8 Å². The van der Waals surface area contributed by atoms with E-state index in [-0.39, 0.29) is 12.5 Å². The second kappa shape index (κ2) is 10.2. The maximum Gasteiger partial charge on any atom is 0.247 e. The number of pyridine rings is 1. The highest BCUT2D eigenvalue weighted by molar-refractivity contribution is 6.01. The van der Waals surface area contributed by atoms with Gasteiger partial charge in [-0.05, 0) is 54.8 Å². The van der Waals surface area contributed by atoms with Crippen molar-refractivity contribution in [1.29, 1.82) is 0 Å². The van der Waals surface area contributed by atoms with Crippen molar-refractivity contribution in [2.45, 2.75) is 32.8 Å². The molecule has 2 heterocycles. The van der Waals surface area contributed by atoms with Gasteiger partial charge < -0.3 is 14.4 Å². The fourth-order valence-electron chi connectivity index (χ4n) is 3.93. The Bertz CT molecular complexity index is 1250. The third-order valence-corrected chi connectivity index (χ3v) is 5.61. The predicted molar refractivity (Wildman–Crippen MR) is 125 cm³/mol. The molecule has 0 amide bonds. The van der Waals surface area contributed by atoms with Crippen molar-refractivity contribution >= 4 is 5.71 Å². The second-order valence-electron chi connectivity index (χ2n) is 7.90. The van der Waals surface area contributed by atoms with Crippen molar-refractivity contribution in [2.24, 2.45) is 5.16 Å². The number of methoxy groups -OCH3 is 1. The lowest BCUT2D eigenvalue weighted by molar-refractivity contribution is 0.160. The van der Waals surface area contributed by atoms with Crippen LogP contribution < -0.4 is 0 Å². The molecule has 33 heavy (non-hydrogen) atoms. The zero-order chi connectivity index (χ0) is 23.2. The van der Waals surface area contributed by atoms with E-state index < -0.39 is 0 Å². The Labute approximate surface area is 192 Å². The van der Waals surface area contributed by atoms with E-state index in [1.54, 1.807) is 13.3 Å². The van der Waals surface area contributed by atoms with Gasteiger partial charge in [0.15, 0.2) is 0 Å². The van der Waals surface area contributed by atoms with E-state index in [4.69, 9.17) is 9.15 Å². The summed E-state index contributed by atoms with van der Waals surface area (Å²) in [7, 11) is 1.58. The number of benzene rings is 2. The highest BCUT2D eigenvalue weighted by Gasteiger charge is 2.21. The maximum atomic E-state index is 9.85. The number of hydrogen-bond donors (Lipinski definition) is 1. The number of rotatable bonds is 8. The largest absolute Gasteiger partial charge is 0.418 e. The van der Waals surface area contributed by atoms with Crippen LogP contribution in [0.1, 0.15) is 46.2 Å². The van der Waals surface area contributed by atoms with E-state index in [0.29, 0.717) is 23.9 Å². The molecule has 2 aromatic carbocycles. The first-order chi connectivity index (χ1) is 16.1. The first kappa shape index (κ1) is 22.4. The van der Waals surface area contributed by atoms with Crippen LogP contribution in [0.25, 0.3) is 11.5 Å². The topological polar surface area (TPSA) is 93.6 Å². The maximum absolute atomic E-state index is 9.85. The molecule has 0 radical (unpaired) electrons. The number of aromatic nitrogens is 3. The van der Waals surface area contributed by atoms with Gasteiger partial charge in [0.2, 0.25) is 11.8 Å². The highest BCUT2D eigenvalue weighted by atomic mass is 16.5. The average molecular weight is 443 g/mol. The zero-order valence-electron chi connectivity index (χ0n) is 18.9. The Morgan fingerprint density at radius 2 is 1.85 bits per heavy atom. The summed E-state index contributed by atoms with van der Waals surface area (Å²) in [5.74, 6) is 0.878. The number of oxime groups is 1. The second-order valence-corrected chi connectivity index (χ2v) is 7.90. The highest BCUT2D eigenvalue weighted by Crippen LogP contribution is 2.33. The lowest BCUT2D eigenvalue weighted by Crippen LogP contribution is -2.12. The summed E-state index contributed by atoms with van der Waals surface area (Å²) in [5.41, 5.74) is 6.62. The number of hydrogen-bond acceptors (Lipinski definition) is 7. The first-order valence-electron chi connectivity index (χ1n) is 10.7. The number of aryl methyl sites for hydroxylation is 2. The summed E-state index contributed by atoms with van der Waals surface area (Å²) in [4.78, 5) is 4.25. The molecule has 2 aromatic heterocycles. The molecule has 0 bridgehead atoms. The molecule has 0 saturated heterocycles. The summed E-state index contributed by atoms with van der Waals surface area (Å²) < 4.78 is 10.7. The van der Waals surface area contributed by atoms with E-state index >= 15 is 0 Å². The molecule has 168 valence electrons. The molecule has 1 atom stereocenters. The summed E-state index contributed by atoms with van der Waals surface area (Å²) in [6, 6.07) is 20.1. The number of nitrogens with zero attached hydrogens (tertiary/aromatic N) is 4. The molecular formula is C26H26N4O3. The lowest BCUT2D eigenvalue weighted by atomic mass is 9.83. The van der Waals surface area contributed by atoms with Crippen molar-refractivity contribution in [3.05, 3.63) is 101 Å². The van der Waals surface area contributed by atoms with Crippen LogP contribution in [0.3, 0.4) is 0 Å². The Morgan fingerprint density at radius 1 is 1.06 bits per heavy atom. The smallest absolute Gasteiger partial charge is 0.247 e. The Balaban J connectivity index is 1.68. The van der Waals surface area contributed by atoms with E-state index in [1.165, 1.54) is 11.1 Å². The van der Waals surface area contributed by atoms with Crippen molar-refractivity contribution in [3.63, 3.8) is 0 Å². The number of ether oxygens (including phenoxy) is 1. The monoisotopic (exact) mass is 442 g/mol. The van der Waals surface area contributed by atoms with Crippen LogP contribution in [0.4, 0.5) is 0 Å². The van der Waals surface area contributed by atoms with Gasteiger partial charge in [-0.25, -0.2) is 0 Å². The molecule has 0 aliphatic heterocycles. The van der Waals surface area contributed by atoms with Crippen molar-refractivity contribution in [1.82, 2.24) is 15.2 Å². The van der Waals surface area contributed by atoms with Gasteiger partial charge in [-0.2, -0.15) is 0 Å². The van der Waals surface area contributed by atoms with Crippen LogP contribution >= 0.6 is 0 Å². The standard InChI is InChI=1S/C26H26N4O3/c1-17-6-4-5-7-22(17)23(15-24(30-31)21-12-13-27-18(2)14-21)19-8-10-20(11-9-19)26-29-28-25(33-26)16-32-3/h4-14,23,31H,15-16H2,1-3H3/b30-24+/t23-/m1/s1. The average Bonchev–Trinajstić information content (AvgIpc) is 3.30. The molecule has 0 fully saturated rings. The van der Waals surface area contributed by atoms with Crippen LogP contribution in [0.5, 0.6) is 0 Å². The quantitative estimate of drug-likeness (QED) is 0.226. The van der Waals surface area contributed by atoms with E-state index in [2.05, 4.69) is 51.5 Å². The third-order valence-electron chi connectivity index (χ3n) is 5.61. The Kier molecular flexibility index (Phi) is 6.90. The predicted octanol–water partition coefficient (Wildman–Crippen LogP) is 5.30. The lowest BCUT2D eigenvalue weighted by Gasteiger charge is -2.21. The molecule has 0 spiro atoms. The normalized spacial score (nSPS) is 12.6. The van der Waals surface area contributed by atoms with Crippen molar-refractivity contribution in [3.8, 4) is 11.5 Å². The minimum absolute atomic E-state index is 0.00800. The molecule has 7 nitrogen and oxygen atoms in total. The summed E-state index contributed by atoms with van der Waals surface area (Å²) >= 11 is 0. The Hall–Kier alpha value is -3.84. The third kappa shape index (κ3) is 5.15. The summed E-state index contributed by atoms with van der Waals surface area (Å²) in [5, 5.41) is 21.6. The van der Waals surface area contributed by atoms with Crippen molar-refractivity contribution in [2.75, 3.05) is 7.11 Å². The van der Waals surface area contributed by atoms with Crippen molar-refractivity contribution < 1.29 is 14.4 Å². The molecule has 0 aliphatic carbocycles. The van der Waals surface area contributed by atoms with Gasteiger partial charge in [-0.15, -0.1) is 10.2 Å². The Morgan fingerprint density at radius 3 is 2.55 bits per heavy atom. The summed E-state index contributed by atoms with van der Waals surface area (Å²) in [6.07, 6.45) is 2.26. The zero-order valence-corrected chi connectivity index (χ0v) is 18.9. The molecule has 4 aromatic rings. The minimum Gasteiger partial charge on any atom is -0.418 e. The minimum atomic E-state index is -0.00800. The molecule has 4 rings (SSSR count). The van der Waals surface area contributed by atoms with Gasteiger partial charge in [-0.1, -0.05) is 41.6 Å². The molecular weight excluding hydrogens is 416 g/mol. The van der Waals surface area contributed by atoms with Gasteiger partial charge in [-0.3, -0.25) is 4.98 Å².